The van der Waals surface area contributed by atoms with Crippen molar-refractivity contribution in [1.29, 1.82) is 0 Å². The lowest BCUT2D eigenvalue weighted by Crippen LogP contribution is -2.36. The lowest BCUT2D eigenvalue weighted by atomic mass is 10.0. The van der Waals surface area contributed by atoms with Crippen molar-refractivity contribution in [3.63, 3.8) is 0 Å². The molecule has 16 heavy (non-hydrogen) atoms. The Morgan fingerprint density at radius 3 is 2.69 bits per heavy atom. The number of thioether (sulfide) groups is 1. The Morgan fingerprint density at radius 1 is 1.31 bits per heavy atom. The minimum atomic E-state index is -0.177. The zero-order chi connectivity index (χ0) is 11.4. The fourth-order valence-corrected chi connectivity index (χ4v) is 3.48. The van der Waals surface area contributed by atoms with E-state index < -0.39 is 0 Å². The van der Waals surface area contributed by atoms with Crippen LogP contribution in [0.5, 0.6) is 0 Å². The minimum Gasteiger partial charge on any atom is -0.326 e. The predicted octanol–water partition coefficient (Wildman–Crippen LogP) is 2.98. The van der Waals surface area contributed by atoms with E-state index >= 15 is 0 Å². The molecule has 0 radical (unpaired) electrons. The van der Waals surface area contributed by atoms with E-state index in [2.05, 4.69) is 0 Å². The number of rotatable bonds is 3. The fourth-order valence-electron chi connectivity index (χ4n) is 2.13. The van der Waals surface area contributed by atoms with E-state index in [9.17, 15) is 4.39 Å². The third kappa shape index (κ3) is 3.22. The Hall–Kier alpha value is -0.540. The Balaban J connectivity index is 1.90. The largest absolute Gasteiger partial charge is 0.326 e. The topological polar surface area (TPSA) is 26.0 Å². The van der Waals surface area contributed by atoms with E-state index in [1.54, 1.807) is 0 Å². The molecule has 2 atom stereocenters. The molecule has 1 saturated heterocycles. The van der Waals surface area contributed by atoms with Crippen molar-refractivity contribution in [2.24, 2.45) is 5.73 Å². The van der Waals surface area contributed by atoms with Crippen LogP contribution in [0.15, 0.2) is 24.3 Å². The van der Waals surface area contributed by atoms with E-state index in [-0.39, 0.29) is 11.9 Å². The van der Waals surface area contributed by atoms with Gasteiger partial charge in [-0.2, -0.15) is 11.8 Å². The van der Waals surface area contributed by atoms with Gasteiger partial charge in [-0.1, -0.05) is 18.6 Å². The standard InChI is InChI=1S/C13H18FNS/c14-11-6-4-10(5-7-11)9-12(15)13-3-1-2-8-16-13/h4-7,12-13H,1-3,8-9,15H2. The zero-order valence-corrected chi connectivity index (χ0v) is 10.2. The summed E-state index contributed by atoms with van der Waals surface area (Å²) in [4.78, 5) is 0. The molecule has 1 fully saturated rings. The van der Waals surface area contributed by atoms with Gasteiger partial charge in [0.2, 0.25) is 0 Å². The second kappa shape index (κ2) is 5.69. The Bertz CT molecular complexity index is 319. The van der Waals surface area contributed by atoms with Gasteiger partial charge in [0.05, 0.1) is 0 Å². The van der Waals surface area contributed by atoms with Crippen molar-refractivity contribution in [3.05, 3.63) is 35.6 Å². The van der Waals surface area contributed by atoms with E-state index in [4.69, 9.17) is 5.73 Å². The number of halogens is 1. The highest BCUT2D eigenvalue weighted by Crippen LogP contribution is 2.28. The van der Waals surface area contributed by atoms with E-state index in [1.165, 1.54) is 37.1 Å². The van der Waals surface area contributed by atoms with Crippen LogP contribution in [0.25, 0.3) is 0 Å². The second-order valence-electron chi connectivity index (χ2n) is 4.40. The summed E-state index contributed by atoms with van der Waals surface area (Å²) in [6.07, 6.45) is 4.71. The zero-order valence-electron chi connectivity index (χ0n) is 9.36. The number of hydrogen-bond acceptors (Lipinski definition) is 2. The summed E-state index contributed by atoms with van der Waals surface area (Å²) in [6, 6.07) is 6.90. The number of benzene rings is 1. The van der Waals surface area contributed by atoms with E-state index in [0.29, 0.717) is 5.25 Å². The summed E-state index contributed by atoms with van der Waals surface area (Å²) in [5.74, 6) is 1.06. The van der Waals surface area contributed by atoms with Gasteiger partial charge in [-0.15, -0.1) is 0 Å². The molecule has 0 spiro atoms. The molecular weight excluding hydrogens is 221 g/mol. The van der Waals surface area contributed by atoms with Crippen LogP contribution >= 0.6 is 11.8 Å². The first-order valence-corrected chi connectivity index (χ1v) is 6.92. The smallest absolute Gasteiger partial charge is 0.123 e. The lowest BCUT2D eigenvalue weighted by Gasteiger charge is -2.27. The predicted molar refractivity (Wildman–Crippen MR) is 68.2 cm³/mol. The molecule has 88 valence electrons. The molecule has 3 heteroatoms. The van der Waals surface area contributed by atoms with Gasteiger partial charge < -0.3 is 5.73 Å². The van der Waals surface area contributed by atoms with Crippen molar-refractivity contribution in [3.8, 4) is 0 Å². The number of nitrogens with two attached hydrogens (primary N) is 1. The maximum Gasteiger partial charge on any atom is 0.123 e. The average Bonchev–Trinajstić information content (AvgIpc) is 2.33. The maximum absolute atomic E-state index is 12.7. The maximum atomic E-state index is 12.7. The minimum absolute atomic E-state index is 0.177. The van der Waals surface area contributed by atoms with Gasteiger partial charge in [0.25, 0.3) is 0 Å². The van der Waals surface area contributed by atoms with Crippen LogP contribution in [0.1, 0.15) is 24.8 Å². The van der Waals surface area contributed by atoms with Gasteiger partial charge in [-0.05, 0) is 42.7 Å². The van der Waals surface area contributed by atoms with E-state index in [1.807, 2.05) is 23.9 Å². The van der Waals surface area contributed by atoms with Gasteiger partial charge in [-0.3, -0.25) is 0 Å². The molecule has 2 unspecified atom stereocenters. The molecular formula is C13H18FNS. The Labute approximate surface area is 101 Å². The first-order chi connectivity index (χ1) is 7.75. The molecule has 1 heterocycles. The monoisotopic (exact) mass is 239 g/mol. The van der Waals surface area contributed by atoms with Crippen molar-refractivity contribution in [2.75, 3.05) is 5.75 Å². The molecule has 0 amide bonds. The van der Waals surface area contributed by atoms with Crippen molar-refractivity contribution in [2.45, 2.75) is 37.0 Å². The third-order valence-electron chi connectivity index (χ3n) is 3.08. The van der Waals surface area contributed by atoms with Gasteiger partial charge in [0.1, 0.15) is 5.82 Å². The normalized spacial score (nSPS) is 23.0. The van der Waals surface area contributed by atoms with Crippen molar-refractivity contribution < 1.29 is 4.39 Å². The van der Waals surface area contributed by atoms with Gasteiger partial charge in [-0.25, -0.2) is 4.39 Å². The van der Waals surface area contributed by atoms with Gasteiger partial charge >= 0.3 is 0 Å². The van der Waals surface area contributed by atoms with Crippen LogP contribution in [-0.2, 0) is 6.42 Å². The lowest BCUT2D eigenvalue weighted by molar-refractivity contribution is 0.558. The molecule has 2 rings (SSSR count). The SMILES string of the molecule is NC(Cc1ccc(F)cc1)C1CCCCS1. The molecule has 1 aromatic carbocycles. The highest BCUT2D eigenvalue weighted by molar-refractivity contribution is 8.00. The van der Waals surface area contributed by atoms with Crippen LogP contribution in [0, 0.1) is 5.82 Å². The molecule has 2 N–H and O–H groups in total. The average molecular weight is 239 g/mol. The second-order valence-corrected chi connectivity index (χ2v) is 5.75. The van der Waals surface area contributed by atoms with Crippen LogP contribution in [0.2, 0.25) is 0 Å². The molecule has 0 bridgehead atoms. The van der Waals surface area contributed by atoms with Crippen molar-refractivity contribution >= 4 is 11.8 Å². The Morgan fingerprint density at radius 2 is 2.06 bits per heavy atom. The first kappa shape index (κ1) is 11.9. The molecule has 1 nitrogen and oxygen atoms in total. The summed E-state index contributed by atoms with van der Waals surface area (Å²) in [5, 5.41) is 0.582. The fraction of sp³-hybridized carbons (Fsp3) is 0.538. The number of hydrogen-bond donors (Lipinski definition) is 1. The molecule has 0 aliphatic carbocycles. The van der Waals surface area contributed by atoms with Crippen LogP contribution in [0.4, 0.5) is 4.39 Å². The highest BCUT2D eigenvalue weighted by Gasteiger charge is 2.21. The molecule has 1 aliphatic heterocycles. The van der Waals surface area contributed by atoms with Crippen molar-refractivity contribution in [1.82, 2.24) is 0 Å². The van der Waals surface area contributed by atoms with Crippen LogP contribution < -0.4 is 5.73 Å². The molecule has 0 aromatic heterocycles. The summed E-state index contributed by atoms with van der Waals surface area (Å²) in [5.41, 5.74) is 7.34. The Kier molecular flexibility index (Phi) is 4.24. The summed E-state index contributed by atoms with van der Waals surface area (Å²) in [7, 11) is 0. The third-order valence-corrected chi connectivity index (χ3v) is 4.61. The molecule has 0 saturated carbocycles. The summed E-state index contributed by atoms with van der Waals surface area (Å²) >= 11 is 1.99. The van der Waals surface area contributed by atoms with Gasteiger partial charge in [0, 0.05) is 11.3 Å². The van der Waals surface area contributed by atoms with Gasteiger partial charge in [0.15, 0.2) is 0 Å². The first-order valence-electron chi connectivity index (χ1n) is 5.87. The summed E-state index contributed by atoms with van der Waals surface area (Å²) in [6.45, 7) is 0. The molecule has 1 aliphatic rings. The summed E-state index contributed by atoms with van der Waals surface area (Å²) < 4.78 is 12.7. The van der Waals surface area contributed by atoms with Crippen LogP contribution in [0.3, 0.4) is 0 Å². The molecule has 1 aromatic rings. The van der Waals surface area contributed by atoms with E-state index in [0.717, 1.165) is 12.0 Å². The highest BCUT2D eigenvalue weighted by atomic mass is 32.2. The van der Waals surface area contributed by atoms with Crippen LogP contribution in [-0.4, -0.2) is 17.0 Å². The quantitative estimate of drug-likeness (QED) is 0.877.